The molecule has 1 aliphatic rings. The third kappa shape index (κ3) is 4.34. The summed E-state index contributed by atoms with van der Waals surface area (Å²) in [7, 11) is 0. The lowest BCUT2D eigenvalue weighted by molar-refractivity contribution is -0.145. The first-order chi connectivity index (χ1) is 7.67. The first-order valence-electron chi connectivity index (χ1n) is 6.12. The summed E-state index contributed by atoms with van der Waals surface area (Å²) in [5, 5.41) is 4.13. The maximum absolute atomic E-state index is 11.5. The maximum Gasteiger partial charge on any atom is 0.322 e. The molecule has 0 aromatic carbocycles. The molecule has 0 aromatic heterocycles. The lowest BCUT2D eigenvalue weighted by Crippen LogP contribution is -2.44. The van der Waals surface area contributed by atoms with Crippen LogP contribution in [0.2, 0.25) is 0 Å². The van der Waals surface area contributed by atoms with Crippen LogP contribution < -0.4 is 5.32 Å². The molecule has 3 atom stereocenters. The van der Waals surface area contributed by atoms with Gasteiger partial charge < -0.3 is 10.1 Å². The Bertz CT molecular complexity index is 223. The third-order valence-electron chi connectivity index (χ3n) is 3.09. The molecule has 3 nitrogen and oxygen atoms in total. The number of rotatable bonds is 5. The van der Waals surface area contributed by atoms with Gasteiger partial charge in [-0.1, -0.05) is 6.42 Å². The van der Waals surface area contributed by atoms with Crippen LogP contribution in [-0.2, 0) is 9.53 Å². The normalized spacial score (nSPS) is 27.4. The van der Waals surface area contributed by atoms with Gasteiger partial charge in [-0.05, 0) is 39.4 Å². The monoisotopic (exact) mass is 245 g/mol. The number of hydrogen-bond acceptors (Lipinski definition) is 4. The van der Waals surface area contributed by atoms with E-state index in [-0.39, 0.29) is 12.0 Å². The van der Waals surface area contributed by atoms with E-state index in [0.29, 0.717) is 12.6 Å². The largest absolute Gasteiger partial charge is 0.465 e. The lowest BCUT2D eigenvalue weighted by atomic mass is 9.94. The molecule has 1 fully saturated rings. The van der Waals surface area contributed by atoms with Crippen LogP contribution in [0.1, 0.15) is 39.5 Å². The highest BCUT2D eigenvalue weighted by Gasteiger charge is 2.24. The van der Waals surface area contributed by atoms with Crippen LogP contribution in [-0.4, -0.2) is 36.2 Å². The number of thioether (sulfide) groups is 1. The van der Waals surface area contributed by atoms with E-state index in [0.717, 1.165) is 5.25 Å². The average Bonchev–Trinajstić information content (AvgIpc) is 2.29. The van der Waals surface area contributed by atoms with Crippen LogP contribution in [0.15, 0.2) is 0 Å². The predicted molar refractivity (Wildman–Crippen MR) is 68.8 cm³/mol. The minimum atomic E-state index is -0.175. The molecule has 94 valence electrons. The van der Waals surface area contributed by atoms with Crippen molar-refractivity contribution in [1.29, 1.82) is 0 Å². The SMILES string of the molecule is CCOC(=O)C(C)NC1CCCC(SC)C1. The van der Waals surface area contributed by atoms with Gasteiger partial charge in [0.15, 0.2) is 0 Å². The Morgan fingerprint density at radius 1 is 1.56 bits per heavy atom. The molecular formula is C12H23NO2S. The Kier molecular flexibility index (Phi) is 6.21. The van der Waals surface area contributed by atoms with Gasteiger partial charge in [0, 0.05) is 11.3 Å². The molecule has 0 saturated heterocycles. The summed E-state index contributed by atoms with van der Waals surface area (Å²) >= 11 is 1.94. The van der Waals surface area contributed by atoms with Crippen molar-refractivity contribution in [3.63, 3.8) is 0 Å². The summed E-state index contributed by atoms with van der Waals surface area (Å²) in [6.07, 6.45) is 7.10. The second-order valence-corrected chi connectivity index (χ2v) is 5.50. The Balaban J connectivity index is 2.32. The summed E-state index contributed by atoms with van der Waals surface area (Å²) in [6, 6.07) is 0.302. The Labute approximate surface area is 103 Å². The van der Waals surface area contributed by atoms with E-state index in [1.165, 1.54) is 25.7 Å². The molecule has 0 amide bonds. The number of esters is 1. The van der Waals surface area contributed by atoms with Gasteiger partial charge in [-0.2, -0.15) is 11.8 Å². The fraction of sp³-hybridized carbons (Fsp3) is 0.917. The first-order valence-corrected chi connectivity index (χ1v) is 7.41. The zero-order chi connectivity index (χ0) is 12.0. The summed E-state index contributed by atoms with van der Waals surface area (Å²) in [5.74, 6) is -0.131. The number of carbonyl (C=O) groups excluding carboxylic acids is 1. The molecule has 4 heteroatoms. The van der Waals surface area contributed by atoms with E-state index >= 15 is 0 Å². The summed E-state index contributed by atoms with van der Waals surface area (Å²) in [4.78, 5) is 11.5. The molecule has 3 unspecified atom stereocenters. The third-order valence-corrected chi connectivity index (χ3v) is 4.18. The Morgan fingerprint density at radius 3 is 2.94 bits per heavy atom. The molecule has 0 bridgehead atoms. The number of carbonyl (C=O) groups is 1. The highest BCUT2D eigenvalue weighted by molar-refractivity contribution is 7.99. The van der Waals surface area contributed by atoms with Crippen molar-refractivity contribution in [3.05, 3.63) is 0 Å². The summed E-state index contributed by atoms with van der Waals surface area (Å²) in [6.45, 7) is 4.19. The van der Waals surface area contributed by atoms with Crippen molar-refractivity contribution in [2.75, 3.05) is 12.9 Å². The Hall–Kier alpha value is -0.220. The van der Waals surface area contributed by atoms with Crippen LogP contribution in [0.3, 0.4) is 0 Å². The molecule has 0 aliphatic heterocycles. The van der Waals surface area contributed by atoms with Gasteiger partial charge in [-0.15, -0.1) is 0 Å². The molecule has 1 N–H and O–H groups in total. The highest BCUT2D eigenvalue weighted by Crippen LogP contribution is 2.27. The fourth-order valence-corrected chi connectivity index (χ4v) is 3.03. The van der Waals surface area contributed by atoms with Gasteiger partial charge in [0.25, 0.3) is 0 Å². The number of nitrogens with one attached hydrogen (secondary N) is 1. The van der Waals surface area contributed by atoms with Crippen molar-refractivity contribution >= 4 is 17.7 Å². The van der Waals surface area contributed by atoms with E-state index < -0.39 is 0 Å². The van der Waals surface area contributed by atoms with Gasteiger partial charge in [0.1, 0.15) is 6.04 Å². The maximum atomic E-state index is 11.5. The van der Waals surface area contributed by atoms with Gasteiger partial charge in [-0.3, -0.25) is 4.79 Å². The molecule has 1 saturated carbocycles. The van der Waals surface area contributed by atoms with Gasteiger partial charge >= 0.3 is 5.97 Å². The van der Waals surface area contributed by atoms with E-state index in [1.807, 2.05) is 25.6 Å². The molecule has 1 aliphatic carbocycles. The van der Waals surface area contributed by atoms with Crippen LogP contribution in [0, 0.1) is 0 Å². The predicted octanol–water partition coefficient (Wildman–Crippen LogP) is 2.20. The van der Waals surface area contributed by atoms with E-state index in [9.17, 15) is 4.79 Å². The molecule has 16 heavy (non-hydrogen) atoms. The molecular weight excluding hydrogens is 222 g/mol. The lowest BCUT2D eigenvalue weighted by Gasteiger charge is -2.30. The smallest absolute Gasteiger partial charge is 0.322 e. The zero-order valence-electron chi connectivity index (χ0n) is 10.5. The first kappa shape index (κ1) is 13.8. The van der Waals surface area contributed by atoms with E-state index in [1.54, 1.807) is 0 Å². The van der Waals surface area contributed by atoms with Gasteiger partial charge in [0.2, 0.25) is 0 Å². The molecule has 0 heterocycles. The fourth-order valence-electron chi connectivity index (χ4n) is 2.20. The van der Waals surface area contributed by atoms with Crippen LogP contribution >= 0.6 is 11.8 Å². The van der Waals surface area contributed by atoms with Crippen molar-refractivity contribution in [2.45, 2.75) is 56.9 Å². The topological polar surface area (TPSA) is 38.3 Å². The van der Waals surface area contributed by atoms with Crippen molar-refractivity contribution in [1.82, 2.24) is 5.32 Å². The molecule has 0 aromatic rings. The number of ether oxygens (including phenoxy) is 1. The van der Waals surface area contributed by atoms with Gasteiger partial charge in [0.05, 0.1) is 6.61 Å². The van der Waals surface area contributed by atoms with Crippen molar-refractivity contribution in [3.8, 4) is 0 Å². The standard InChI is InChI=1S/C12H23NO2S/c1-4-15-12(14)9(2)13-10-6-5-7-11(8-10)16-3/h9-11,13H,4-8H2,1-3H3. The molecule has 0 spiro atoms. The van der Waals surface area contributed by atoms with E-state index in [4.69, 9.17) is 4.74 Å². The average molecular weight is 245 g/mol. The van der Waals surface area contributed by atoms with Crippen LogP contribution in [0.4, 0.5) is 0 Å². The molecule has 0 radical (unpaired) electrons. The van der Waals surface area contributed by atoms with Crippen molar-refractivity contribution < 1.29 is 9.53 Å². The van der Waals surface area contributed by atoms with E-state index in [2.05, 4.69) is 11.6 Å². The Morgan fingerprint density at radius 2 is 2.31 bits per heavy atom. The minimum absolute atomic E-state index is 0.131. The minimum Gasteiger partial charge on any atom is -0.465 e. The highest BCUT2D eigenvalue weighted by atomic mass is 32.2. The number of hydrogen-bond donors (Lipinski definition) is 1. The molecule has 1 rings (SSSR count). The van der Waals surface area contributed by atoms with Crippen LogP contribution in [0.5, 0.6) is 0 Å². The second kappa shape index (κ2) is 7.17. The zero-order valence-corrected chi connectivity index (χ0v) is 11.3. The second-order valence-electron chi connectivity index (χ2n) is 4.36. The van der Waals surface area contributed by atoms with Gasteiger partial charge in [-0.25, -0.2) is 0 Å². The van der Waals surface area contributed by atoms with Crippen LogP contribution in [0.25, 0.3) is 0 Å². The summed E-state index contributed by atoms with van der Waals surface area (Å²) in [5.41, 5.74) is 0. The summed E-state index contributed by atoms with van der Waals surface area (Å²) < 4.78 is 4.99. The van der Waals surface area contributed by atoms with Crippen molar-refractivity contribution in [2.24, 2.45) is 0 Å². The quantitative estimate of drug-likeness (QED) is 0.754.